The molecule has 1 amide bonds. The first-order valence-electron chi connectivity index (χ1n) is 10.9. The Labute approximate surface area is 195 Å². The molecule has 2 aromatic carbocycles. The minimum absolute atomic E-state index is 0.0792. The number of aliphatic hydroxyl groups excluding tert-OH is 1. The molecule has 1 saturated heterocycles. The second kappa shape index (κ2) is 10.1. The lowest BCUT2D eigenvalue weighted by Gasteiger charge is -2.15. The molecule has 2 aromatic heterocycles. The summed E-state index contributed by atoms with van der Waals surface area (Å²) in [6.07, 6.45) is 6.67. The van der Waals surface area contributed by atoms with Crippen LogP contribution in [-0.4, -0.2) is 44.7 Å². The van der Waals surface area contributed by atoms with Crippen LogP contribution < -0.4 is 5.73 Å². The molecule has 1 aliphatic heterocycles. The summed E-state index contributed by atoms with van der Waals surface area (Å²) in [5.41, 5.74) is 7.88. The Morgan fingerprint density at radius 2 is 2.03 bits per heavy atom. The van der Waals surface area contributed by atoms with Crippen LogP contribution in [0.4, 0.5) is 8.78 Å². The van der Waals surface area contributed by atoms with Crippen molar-refractivity contribution in [2.24, 2.45) is 12.8 Å². The Balaban J connectivity index is 0.000000336. The van der Waals surface area contributed by atoms with Crippen molar-refractivity contribution in [2.75, 3.05) is 13.2 Å². The third-order valence-corrected chi connectivity index (χ3v) is 5.69. The van der Waals surface area contributed by atoms with Crippen molar-refractivity contribution in [1.82, 2.24) is 14.3 Å². The lowest BCUT2D eigenvalue weighted by atomic mass is 10.1. The molecule has 0 radical (unpaired) electrons. The zero-order valence-corrected chi connectivity index (χ0v) is 18.7. The first-order valence-corrected chi connectivity index (χ1v) is 10.9. The van der Waals surface area contributed by atoms with Gasteiger partial charge in [0, 0.05) is 42.6 Å². The predicted molar refractivity (Wildman–Crippen MR) is 124 cm³/mol. The molecule has 34 heavy (non-hydrogen) atoms. The van der Waals surface area contributed by atoms with Crippen LogP contribution in [0.2, 0.25) is 0 Å². The number of aryl methyl sites for hydroxylation is 1. The molecular weight excluding hydrogens is 442 g/mol. The number of nitrogens with zero attached hydrogens (tertiary/aromatic N) is 3. The van der Waals surface area contributed by atoms with Crippen molar-refractivity contribution in [3.8, 4) is 11.1 Å². The summed E-state index contributed by atoms with van der Waals surface area (Å²) in [7, 11) is 1.79. The highest BCUT2D eigenvalue weighted by molar-refractivity contribution is 6.06. The van der Waals surface area contributed by atoms with Crippen molar-refractivity contribution in [2.45, 2.75) is 25.5 Å². The molecule has 0 saturated carbocycles. The normalized spacial score (nSPS) is 15.7. The van der Waals surface area contributed by atoms with E-state index in [4.69, 9.17) is 15.6 Å². The minimum Gasteiger partial charge on any atom is -0.391 e. The highest BCUT2D eigenvalue weighted by Crippen LogP contribution is 2.27. The Hall–Kier alpha value is -3.56. The van der Waals surface area contributed by atoms with Crippen molar-refractivity contribution in [3.63, 3.8) is 0 Å². The molecule has 0 aliphatic carbocycles. The summed E-state index contributed by atoms with van der Waals surface area (Å²) in [5.74, 6) is -1.65. The van der Waals surface area contributed by atoms with Crippen LogP contribution in [0, 0.1) is 11.6 Å². The Kier molecular flexibility index (Phi) is 7.04. The molecular formula is C25H26F2N4O3. The highest BCUT2D eigenvalue weighted by Gasteiger charge is 2.17. The van der Waals surface area contributed by atoms with Crippen molar-refractivity contribution in [1.29, 1.82) is 0 Å². The number of benzene rings is 2. The Morgan fingerprint density at radius 1 is 1.21 bits per heavy atom. The van der Waals surface area contributed by atoms with Gasteiger partial charge in [0.25, 0.3) is 5.91 Å². The van der Waals surface area contributed by atoms with Gasteiger partial charge in [0.1, 0.15) is 11.6 Å². The summed E-state index contributed by atoms with van der Waals surface area (Å²) >= 11 is 0. The Morgan fingerprint density at radius 3 is 2.62 bits per heavy atom. The average molecular weight is 469 g/mol. The van der Waals surface area contributed by atoms with Gasteiger partial charge in [0.2, 0.25) is 0 Å². The number of aliphatic hydroxyl groups is 1. The molecule has 9 heteroatoms. The van der Waals surface area contributed by atoms with Crippen molar-refractivity contribution in [3.05, 3.63) is 77.8 Å². The van der Waals surface area contributed by atoms with Gasteiger partial charge in [-0.3, -0.25) is 9.48 Å². The maximum Gasteiger partial charge on any atom is 0.250 e. The largest absolute Gasteiger partial charge is 0.391 e. The van der Waals surface area contributed by atoms with Gasteiger partial charge in [-0.05, 0) is 36.6 Å². The predicted octanol–water partition coefficient (Wildman–Crippen LogP) is 3.62. The van der Waals surface area contributed by atoms with Crippen LogP contribution in [0.3, 0.4) is 0 Å². The van der Waals surface area contributed by atoms with Crippen LogP contribution in [0.5, 0.6) is 0 Å². The van der Waals surface area contributed by atoms with Gasteiger partial charge in [-0.2, -0.15) is 5.10 Å². The van der Waals surface area contributed by atoms with Gasteiger partial charge < -0.3 is 20.1 Å². The molecule has 178 valence electrons. The van der Waals surface area contributed by atoms with E-state index in [0.717, 1.165) is 25.0 Å². The summed E-state index contributed by atoms with van der Waals surface area (Å²) in [6.45, 7) is 1.52. The number of hydrogen-bond donors (Lipinski definition) is 2. The van der Waals surface area contributed by atoms with E-state index in [-0.39, 0.29) is 23.6 Å². The maximum absolute atomic E-state index is 14.7. The number of primary amides is 1. The van der Waals surface area contributed by atoms with Gasteiger partial charge in [-0.15, -0.1) is 0 Å². The van der Waals surface area contributed by atoms with Gasteiger partial charge in [0.05, 0.1) is 36.5 Å². The number of fused-ring (bicyclic) bond motifs is 1. The van der Waals surface area contributed by atoms with Gasteiger partial charge in [-0.25, -0.2) is 8.78 Å². The maximum atomic E-state index is 14.7. The molecule has 1 atom stereocenters. The molecule has 1 fully saturated rings. The van der Waals surface area contributed by atoms with Crippen molar-refractivity contribution < 1.29 is 23.4 Å². The molecule has 3 N–H and O–H groups in total. The average Bonchev–Trinajstić information content (AvgIpc) is 3.41. The summed E-state index contributed by atoms with van der Waals surface area (Å²) in [6, 6.07) is 9.40. The fourth-order valence-corrected chi connectivity index (χ4v) is 3.96. The van der Waals surface area contributed by atoms with E-state index >= 15 is 0 Å². The SMILES string of the molecule is Cn1cc(-c2ccc(Cn3cc(C(N)=O)c4c(F)cccc43)c(F)c2)cn1.OC1CCCOC1. The second-order valence-corrected chi connectivity index (χ2v) is 8.25. The van der Waals surface area contributed by atoms with E-state index < -0.39 is 17.5 Å². The monoisotopic (exact) mass is 468 g/mol. The molecule has 0 spiro atoms. The van der Waals surface area contributed by atoms with E-state index in [0.29, 0.717) is 23.3 Å². The number of halogens is 2. The number of nitrogens with two attached hydrogens (primary N) is 1. The van der Waals surface area contributed by atoms with Crippen LogP contribution in [0.1, 0.15) is 28.8 Å². The number of carbonyl (C=O) groups is 1. The number of hydrogen-bond acceptors (Lipinski definition) is 4. The standard InChI is InChI=1S/C20H16F2N4O.C5H10O2/c1-25-9-14(8-24-25)12-5-6-13(17(22)7-12)10-26-11-15(20(23)27)19-16(21)3-2-4-18(19)26;6-5-2-1-3-7-4-5/h2-9,11H,10H2,1H3,(H2,23,27);5-6H,1-4H2. The third kappa shape index (κ3) is 5.16. The zero-order chi connectivity index (χ0) is 24.2. The second-order valence-electron chi connectivity index (χ2n) is 8.25. The topological polar surface area (TPSA) is 95.3 Å². The third-order valence-electron chi connectivity index (χ3n) is 5.69. The van der Waals surface area contributed by atoms with Crippen LogP contribution in [0.25, 0.3) is 22.0 Å². The van der Waals surface area contributed by atoms with Gasteiger partial charge in [0.15, 0.2) is 0 Å². The number of ether oxygens (including phenoxy) is 1. The molecule has 7 nitrogen and oxygen atoms in total. The van der Waals surface area contributed by atoms with Crippen molar-refractivity contribution >= 4 is 16.8 Å². The van der Waals surface area contributed by atoms with E-state index in [2.05, 4.69) is 5.10 Å². The molecule has 4 aromatic rings. The smallest absolute Gasteiger partial charge is 0.250 e. The summed E-state index contributed by atoms with van der Waals surface area (Å²) in [5, 5.41) is 13.0. The molecule has 3 heterocycles. The fourth-order valence-electron chi connectivity index (χ4n) is 3.96. The Bertz CT molecular complexity index is 1310. The summed E-state index contributed by atoms with van der Waals surface area (Å²) < 4.78 is 37.0. The number of rotatable bonds is 4. The molecule has 0 bridgehead atoms. The van der Waals surface area contributed by atoms with Crippen LogP contribution in [-0.2, 0) is 18.3 Å². The fraction of sp³-hybridized carbons (Fsp3) is 0.280. The first-order chi connectivity index (χ1) is 16.3. The minimum atomic E-state index is -0.726. The van der Waals surface area contributed by atoms with Crippen LogP contribution in [0.15, 0.2) is 55.0 Å². The van der Waals surface area contributed by atoms with Gasteiger partial charge >= 0.3 is 0 Å². The summed E-state index contributed by atoms with van der Waals surface area (Å²) in [4.78, 5) is 11.7. The van der Waals surface area contributed by atoms with Crippen LogP contribution >= 0.6 is 0 Å². The zero-order valence-electron chi connectivity index (χ0n) is 18.7. The molecule has 5 rings (SSSR count). The first kappa shape index (κ1) is 23.6. The lowest BCUT2D eigenvalue weighted by molar-refractivity contribution is -0.00535. The van der Waals surface area contributed by atoms with E-state index in [1.165, 1.54) is 18.3 Å². The number of carbonyl (C=O) groups excluding carboxylic acids is 1. The quantitative estimate of drug-likeness (QED) is 0.478. The highest BCUT2D eigenvalue weighted by atomic mass is 19.1. The molecule has 1 aliphatic rings. The van der Waals surface area contributed by atoms with E-state index in [1.807, 2.05) is 0 Å². The molecule has 1 unspecified atom stereocenters. The van der Waals surface area contributed by atoms with E-state index in [1.54, 1.807) is 53.0 Å². The van der Waals surface area contributed by atoms with Gasteiger partial charge in [-0.1, -0.05) is 18.2 Å². The number of aromatic nitrogens is 3. The lowest BCUT2D eigenvalue weighted by Crippen LogP contribution is -2.21. The van der Waals surface area contributed by atoms with E-state index in [9.17, 15) is 13.6 Å². The number of amides is 1.